The molecule has 0 spiro atoms. The summed E-state index contributed by atoms with van der Waals surface area (Å²) in [5, 5.41) is 0. The van der Waals surface area contributed by atoms with Crippen molar-refractivity contribution in [3.05, 3.63) is 56.7 Å². The first-order valence-electron chi connectivity index (χ1n) is 5.35. The van der Waals surface area contributed by atoms with Gasteiger partial charge in [-0.1, -0.05) is 12.1 Å². The van der Waals surface area contributed by atoms with Gasteiger partial charge in [-0.25, -0.2) is 4.98 Å². The number of nitrogens with zero attached hydrogens (tertiary/aromatic N) is 1. The predicted molar refractivity (Wildman–Crippen MR) is 76.5 cm³/mol. The molecule has 0 saturated carbocycles. The van der Waals surface area contributed by atoms with E-state index in [2.05, 4.69) is 25.9 Å². The lowest BCUT2D eigenvalue weighted by Gasteiger charge is -2.04. The van der Waals surface area contributed by atoms with Gasteiger partial charge in [0.1, 0.15) is 5.82 Å². The van der Waals surface area contributed by atoms with Gasteiger partial charge >= 0.3 is 0 Å². The van der Waals surface area contributed by atoms with E-state index >= 15 is 0 Å². The Hall–Kier alpha value is -1.11. The molecule has 0 aliphatic heterocycles. The van der Waals surface area contributed by atoms with E-state index in [1.807, 2.05) is 24.3 Å². The number of H-pyrrole nitrogens is 1. The summed E-state index contributed by atoms with van der Waals surface area (Å²) >= 11 is 5.09. The zero-order valence-corrected chi connectivity index (χ0v) is 11.9. The Morgan fingerprint density at radius 3 is 2.83 bits per heavy atom. The van der Waals surface area contributed by atoms with Crippen molar-refractivity contribution in [3.8, 4) is 0 Å². The Balaban J connectivity index is 2.09. The minimum Gasteiger partial charge on any atom is -0.326 e. The largest absolute Gasteiger partial charge is 0.326 e. The van der Waals surface area contributed by atoms with Crippen LogP contribution in [-0.4, -0.2) is 9.97 Å². The third-order valence-corrected chi connectivity index (χ3v) is 4.39. The fourth-order valence-corrected chi connectivity index (χ4v) is 2.83. The average Bonchev–Trinajstić information content (AvgIpc) is 2.38. The lowest BCUT2D eigenvalue weighted by atomic mass is 10.3. The molecule has 0 unspecified atom stereocenters. The maximum atomic E-state index is 11.6. The Kier molecular flexibility index (Phi) is 4.57. The molecule has 94 valence electrons. The van der Waals surface area contributed by atoms with E-state index in [1.54, 1.807) is 11.8 Å². The quantitative estimate of drug-likeness (QED) is 0.846. The second kappa shape index (κ2) is 6.17. The summed E-state index contributed by atoms with van der Waals surface area (Å²) in [7, 11) is 0. The number of halogens is 1. The highest BCUT2D eigenvalue weighted by atomic mass is 79.9. The van der Waals surface area contributed by atoms with E-state index in [1.165, 1.54) is 6.20 Å². The molecule has 6 heteroatoms. The third-order valence-electron chi connectivity index (χ3n) is 2.35. The predicted octanol–water partition coefficient (Wildman–Crippen LogP) is 2.28. The first-order valence-corrected chi connectivity index (χ1v) is 7.13. The average molecular weight is 326 g/mol. The fraction of sp³-hybridized carbons (Fsp3) is 0.167. The molecule has 0 atom stereocenters. The van der Waals surface area contributed by atoms with E-state index < -0.39 is 0 Å². The minimum atomic E-state index is -0.157. The molecule has 2 aromatic rings. The summed E-state index contributed by atoms with van der Waals surface area (Å²) in [4.78, 5) is 19.6. The van der Waals surface area contributed by atoms with Crippen molar-refractivity contribution in [3.63, 3.8) is 0 Å². The molecule has 1 aromatic heterocycles. The SMILES string of the molecule is NCc1cnc(CSc2ccccc2Br)[nH]c1=O. The molecule has 0 radical (unpaired) electrons. The van der Waals surface area contributed by atoms with E-state index in [0.29, 0.717) is 17.1 Å². The summed E-state index contributed by atoms with van der Waals surface area (Å²) in [5.74, 6) is 1.26. The molecule has 2 rings (SSSR count). The first-order chi connectivity index (χ1) is 8.70. The Morgan fingerprint density at radius 2 is 2.17 bits per heavy atom. The number of aromatic amines is 1. The molecule has 18 heavy (non-hydrogen) atoms. The molecular weight excluding hydrogens is 314 g/mol. The maximum absolute atomic E-state index is 11.6. The highest BCUT2D eigenvalue weighted by molar-refractivity contribution is 9.10. The fourth-order valence-electron chi connectivity index (χ4n) is 1.38. The Bertz CT molecular complexity index is 600. The minimum absolute atomic E-state index is 0.157. The zero-order chi connectivity index (χ0) is 13.0. The second-order valence-electron chi connectivity index (χ2n) is 3.61. The lowest BCUT2D eigenvalue weighted by Crippen LogP contribution is -2.18. The topological polar surface area (TPSA) is 71.8 Å². The third kappa shape index (κ3) is 3.22. The van der Waals surface area contributed by atoms with Crippen LogP contribution in [-0.2, 0) is 12.3 Å². The van der Waals surface area contributed by atoms with Gasteiger partial charge in [0, 0.05) is 27.7 Å². The Labute approximate surface area is 117 Å². The summed E-state index contributed by atoms with van der Waals surface area (Å²) in [5.41, 5.74) is 5.76. The van der Waals surface area contributed by atoms with Gasteiger partial charge in [0.2, 0.25) is 0 Å². The van der Waals surface area contributed by atoms with Gasteiger partial charge in [0.15, 0.2) is 0 Å². The van der Waals surface area contributed by atoms with Gasteiger partial charge in [-0.2, -0.15) is 0 Å². The van der Waals surface area contributed by atoms with Gasteiger partial charge < -0.3 is 10.7 Å². The number of thioether (sulfide) groups is 1. The van der Waals surface area contributed by atoms with Crippen LogP contribution < -0.4 is 11.3 Å². The Morgan fingerprint density at radius 1 is 1.39 bits per heavy atom. The van der Waals surface area contributed by atoms with Crippen molar-refractivity contribution in [1.82, 2.24) is 9.97 Å². The molecule has 0 aliphatic carbocycles. The molecule has 1 heterocycles. The van der Waals surface area contributed by atoms with E-state index in [0.717, 1.165) is 9.37 Å². The highest BCUT2D eigenvalue weighted by Gasteiger charge is 2.04. The molecule has 0 saturated heterocycles. The number of nitrogens with two attached hydrogens (primary N) is 1. The monoisotopic (exact) mass is 325 g/mol. The molecule has 1 aromatic carbocycles. The first kappa shape index (κ1) is 13.3. The van der Waals surface area contributed by atoms with E-state index in [4.69, 9.17) is 5.73 Å². The van der Waals surface area contributed by atoms with Crippen LogP contribution in [0.15, 0.2) is 44.6 Å². The van der Waals surface area contributed by atoms with Crippen molar-refractivity contribution >= 4 is 27.7 Å². The lowest BCUT2D eigenvalue weighted by molar-refractivity contribution is 0.927. The van der Waals surface area contributed by atoms with Crippen LogP contribution in [0.5, 0.6) is 0 Å². The summed E-state index contributed by atoms with van der Waals surface area (Å²) in [6.07, 6.45) is 1.54. The number of aromatic nitrogens is 2. The van der Waals surface area contributed by atoms with Crippen molar-refractivity contribution in [1.29, 1.82) is 0 Å². The van der Waals surface area contributed by atoms with Gasteiger partial charge in [0.05, 0.1) is 5.75 Å². The normalized spacial score (nSPS) is 10.6. The number of hydrogen-bond donors (Lipinski definition) is 2. The van der Waals surface area contributed by atoms with Crippen molar-refractivity contribution < 1.29 is 0 Å². The van der Waals surface area contributed by atoms with Gasteiger partial charge in [-0.15, -0.1) is 11.8 Å². The van der Waals surface area contributed by atoms with Crippen LogP contribution >= 0.6 is 27.7 Å². The van der Waals surface area contributed by atoms with E-state index in [9.17, 15) is 4.79 Å². The van der Waals surface area contributed by atoms with Crippen molar-refractivity contribution in [2.75, 3.05) is 0 Å². The molecule has 3 N–H and O–H groups in total. The number of hydrogen-bond acceptors (Lipinski definition) is 4. The number of rotatable bonds is 4. The zero-order valence-electron chi connectivity index (χ0n) is 9.52. The van der Waals surface area contributed by atoms with Crippen molar-refractivity contribution in [2.45, 2.75) is 17.2 Å². The van der Waals surface area contributed by atoms with Gasteiger partial charge in [-0.05, 0) is 28.1 Å². The molecule has 0 amide bonds. The standard InChI is InChI=1S/C12H12BrN3OS/c13-9-3-1-2-4-10(9)18-7-11-15-6-8(5-14)12(17)16-11/h1-4,6H,5,7,14H2,(H,15,16,17). The van der Waals surface area contributed by atoms with Gasteiger partial charge in [-0.3, -0.25) is 4.79 Å². The summed E-state index contributed by atoms with van der Waals surface area (Å²) < 4.78 is 1.04. The van der Waals surface area contributed by atoms with Crippen molar-refractivity contribution in [2.24, 2.45) is 5.73 Å². The second-order valence-corrected chi connectivity index (χ2v) is 5.48. The van der Waals surface area contributed by atoms with Crippen LogP contribution in [0, 0.1) is 0 Å². The summed E-state index contributed by atoms with van der Waals surface area (Å²) in [6, 6.07) is 7.93. The maximum Gasteiger partial charge on any atom is 0.255 e. The molecular formula is C12H12BrN3OS. The highest BCUT2D eigenvalue weighted by Crippen LogP contribution is 2.28. The molecule has 0 bridgehead atoms. The molecule has 0 fully saturated rings. The van der Waals surface area contributed by atoms with Crippen LogP contribution in [0.25, 0.3) is 0 Å². The van der Waals surface area contributed by atoms with Gasteiger partial charge in [0.25, 0.3) is 5.56 Å². The molecule has 0 aliphatic rings. The van der Waals surface area contributed by atoms with Crippen LogP contribution in [0.4, 0.5) is 0 Å². The van der Waals surface area contributed by atoms with Crippen LogP contribution in [0.3, 0.4) is 0 Å². The summed E-state index contributed by atoms with van der Waals surface area (Å²) in [6.45, 7) is 0.208. The number of benzene rings is 1. The van der Waals surface area contributed by atoms with Crippen LogP contribution in [0.2, 0.25) is 0 Å². The van der Waals surface area contributed by atoms with E-state index in [-0.39, 0.29) is 12.1 Å². The number of nitrogens with one attached hydrogen (secondary N) is 1. The molecule has 4 nitrogen and oxygen atoms in total. The smallest absolute Gasteiger partial charge is 0.255 e. The van der Waals surface area contributed by atoms with Crippen LogP contribution in [0.1, 0.15) is 11.4 Å².